The summed E-state index contributed by atoms with van der Waals surface area (Å²) in [6.07, 6.45) is 0.437. The van der Waals surface area contributed by atoms with Crippen LogP contribution in [0.5, 0.6) is 11.5 Å². The lowest BCUT2D eigenvalue weighted by Gasteiger charge is -2.27. The molecule has 0 aliphatic carbocycles. The Kier molecular flexibility index (Phi) is 13.2. The van der Waals surface area contributed by atoms with Gasteiger partial charge in [-0.05, 0) is 60.6 Å². The maximum Gasteiger partial charge on any atom is 0.326 e. The Morgan fingerprint density at radius 2 is 1.28 bits per heavy atom. The zero-order valence-electron chi connectivity index (χ0n) is 24.2. The van der Waals surface area contributed by atoms with Crippen molar-refractivity contribution in [3.63, 3.8) is 0 Å². The highest BCUT2D eigenvalue weighted by Gasteiger charge is 2.31. The van der Waals surface area contributed by atoms with E-state index in [0.29, 0.717) is 11.1 Å². The summed E-state index contributed by atoms with van der Waals surface area (Å²) in [5, 5.41) is 36.4. The van der Waals surface area contributed by atoms with Crippen molar-refractivity contribution in [2.24, 2.45) is 28.1 Å². The Balaban J connectivity index is 2.15. The van der Waals surface area contributed by atoms with Crippen LogP contribution in [-0.2, 0) is 32.0 Å². The first-order valence-corrected chi connectivity index (χ1v) is 13.8. The molecule has 0 bridgehead atoms. The quantitative estimate of drug-likeness (QED) is 0.0676. The summed E-state index contributed by atoms with van der Waals surface area (Å²) in [6.45, 7) is 3.58. The van der Waals surface area contributed by atoms with E-state index in [4.69, 9.17) is 17.2 Å². The van der Waals surface area contributed by atoms with Gasteiger partial charge in [-0.2, -0.15) is 0 Å². The van der Waals surface area contributed by atoms with Gasteiger partial charge in [-0.3, -0.25) is 19.4 Å². The predicted molar refractivity (Wildman–Crippen MR) is 160 cm³/mol. The van der Waals surface area contributed by atoms with Crippen LogP contribution < -0.4 is 33.2 Å². The van der Waals surface area contributed by atoms with E-state index in [1.165, 1.54) is 36.4 Å². The van der Waals surface area contributed by atoms with Crippen molar-refractivity contribution in [3.05, 3.63) is 59.7 Å². The third-order valence-corrected chi connectivity index (χ3v) is 6.54. The van der Waals surface area contributed by atoms with Crippen molar-refractivity contribution in [2.75, 3.05) is 6.54 Å². The van der Waals surface area contributed by atoms with Crippen LogP contribution in [0.2, 0.25) is 0 Å². The molecule has 14 heteroatoms. The van der Waals surface area contributed by atoms with Gasteiger partial charge in [-0.1, -0.05) is 38.1 Å². The number of guanidine groups is 1. The molecule has 234 valence electrons. The first-order chi connectivity index (χ1) is 20.3. The minimum Gasteiger partial charge on any atom is -0.508 e. The van der Waals surface area contributed by atoms with E-state index in [9.17, 15) is 34.5 Å². The molecular formula is C29H41N7O7. The number of amides is 3. The summed E-state index contributed by atoms with van der Waals surface area (Å²) < 4.78 is 0. The average Bonchev–Trinajstić information content (AvgIpc) is 2.94. The lowest BCUT2D eigenvalue weighted by molar-refractivity contribution is -0.142. The van der Waals surface area contributed by atoms with Crippen molar-refractivity contribution in [3.8, 4) is 11.5 Å². The highest BCUT2D eigenvalue weighted by molar-refractivity contribution is 5.94. The molecule has 2 aromatic carbocycles. The van der Waals surface area contributed by atoms with E-state index in [1.807, 2.05) is 0 Å². The molecule has 2 rings (SSSR count). The largest absolute Gasteiger partial charge is 0.508 e. The molecule has 0 heterocycles. The molecule has 0 fully saturated rings. The number of carbonyl (C=O) groups excluding carboxylic acids is 3. The maximum absolute atomic E-state index is 13.4. The predicted octanol–water partition coefficient (Wildman–Crippen LogP) is -0.541. The molecule has 0 aliphatic heterocycles. The van der Waals surface area contributed by atoms with E-state index < -0.39 is 53.8 Å². The van der Waals surface area contributed by atoms with Gasteiger partial charge in [0.25, 0.3) is 0 Å². The third-order valence-electron chi connectivity index (χ3n) is 6.54. The van der Waals surface area contributed by atoms with Gasteiger partial charge in [-0.25, -0.2) is 4.79 Å². The summed E-state index contributed by atoms with van der Waals surface area (Å²) in [6, 6.07) is 7.54. The number of phenols is 2. The number of aliphatic imine (C=N–C) groups is 1. The Bertz CT molecular complexity index is 1260. The van der Waals surface area contributed by atoms with Crippen LogP contribution in [0.1, 0.15) is 37.8 Å². The Morgan fingerprint density at radius 1 is 0.767 bits per heavy atom. The first kappa shape index (κ1) is 34.4. The minimum atomic E-state index is -1.33. The standard InChI is InChI=1S/C29H41N7O7/c1-16(2)24(36-25(39)21(30)14-17-5-9-19(37)10-6-17)27(41)34-22(4-3-13-33-29(31)32)26(40)35-23(28(42)43)15-18-7-11-20(38)12-8-18/h5-12,16,21-24,37-38H,3-4,13-15,30H2,1-2H3,(H,34,41)(H,35,40)(H,36,39)(H,42,43)(H4,31,32,33). The van der Waals surface area contributed by atoms with Crippen molar-refractivity contribution in [1.29, 1.82) is 0 Å². The zero-order chi connectivity index (χ0) is 32.1. The van der Waals surface area contributed by atoms with Gasteiger partial charge in [0, 0.05) is 13.0 Å². The average molecular weight is 600 g/mol. The first-order valence-electron chi connectivity index (χ1n) is 13.8. The number of hydrogen-bond donors (Lipinski definition) is 9. The Morgan fingerprint density at radius 3 is 1.77 bits per heavy atom. The summed E-state index contributed by atoms with van der Waals surface area (Å²) >= 11 is 0. The van der Waals surface area contributed by atoms with E-state index in [0.717, 1.165) is 0 Å². The van der Waals surface area contributed by atoms with Crippen LogP contribution in [0.25, 0.3) is 0 Å². The molecule has 12 N–H and O–H groups in total. The van der Waals surface area contributed by atoms with Crippen molar-refractivity contribution in [2.45, 2.75) is 63.7 Å². The number of hydrogen-bond acceptors (Lipinski definition) is 8. The number of carboxylic acids is 1. The van der Waals surface area contributed by atoms with Crippen LogP contribution in [0.3, 0.4) is 0 Å². The molecule has 3 amide bonds. The molecule has 43 heavy (non-hydrogen) atoms. The highest BCUT2D eigenvalue weighted by atomic mass is 16.4. The number of carboxylic acid groups (broad SMARTS) is 1. The van der Waals surface area contributed by atoms with E-state index in [-0.39, 0.29) is 49.7 Å². The number of aromatic hydroxyl groups is 2. The second kappa shape index (κ2) is 16.6. The van der Waals surface area contributed by atoms with Gasteiger partial charge in [0.05, 0.1) is 6.04 Å². The number of nitrogens with two attached hydrogens (primary N) is 3. The van der Waals surface area contributed by atoms with Gasteiger partial charge in [-0.15, -0.1) is 0 Å². The number of benzene rings is 2. The molecular weight excluding hydrogens is 558 g/mol. The number of rotatable bonds is 16. The molecule has 2 aromatic rings. The highest BCUT2D eigenvalue weighted by Crippen LogP contribution is 2.13. The minimum absolute atomic E-state index is 0.0105. The fourth-order valence-electron chi connectivity index (χ4n) is 4.15. The zero-order valence-corrected chi connectivity index (χ0v) is 24.2. The van der Waals surface area contributed by atoms with Crippen LogP contribution >= 0.6 is 0 Å². The number of aliphatic carboxylic acids is 1. The second-order valence-electron chi connectivity index (χ2n) is 10.5. The van der Waals surface area contributed by atoms with Gasteiger partial charge >= 0.3 is 5.97 Å². The SMILES string of the molecule is CC(C)C(NC(=O)C(N)Cc1ccc(O)cc1)C(=O)NC(CCCN=C(N)N)C(=O)NC(Cc1ccc(O)cc1)C(=O)O. The lowest BCUT2D eigenvalue weighted by Crippen LogP contribution is -2.58. The molecule has 14 nitrogen and oxygen atoms in total. The topological polar surface area (TPSA) is 255 Å². The third kappa shape index (κ3) is 11.9. The fraction of sp³-hybridized carbons (Fsp3) is 0.414. The summed E-state index contributed by atoms with van der Waals surface area (Å²) in [4.78, 5) is 55.3. The number of carbonyl (C=O) groups is 4. The normalized spacial score (nSPS) is 13.7. The molecule has 0 spiro atoms. The molecule has 4 atom stereocenters. The van der Waals surface area contributed by atoms with Crippen molar-refractivity contribution < 1.29 is 34.5 Å². The van der Waals surface area contributed by atoms with Gasteiger partial charge in [0.2, 0.25) is 17.7 Å². The smallest absolute Gasteiger partial charge is 0.326 e. The summed E-state index contributed by atoms with van der Waals surface area (Å²) in [5.74, 6) is -3.73. The van der Waals surface area contributed by atoms with E-state index >= 15 is 0 Å². The molecule has 0 aliphatic rings. The molecule has 0 saturated heterocycles. The number of nitrogens with one attached hydrogen (secondary N) is 3. The van der Waals surface area contributed by atoms with Crippen LogP contribution in [0.15, 0.2) is 53.5 Å². The van der Waals surface area contributed by atoms with Crippen LogP contribution in [0, 0.1) is 5.92 Å². The fourth-order valence-corrected chi connectivity index (χ4v) is 4.15. The van der Waals surface area contributed by atoms with Gasteiger partial charge in [0.15, 0.2) is 5.96 Å². The van der Waals surface area contributed by atoms with Gasteiger partial charge in [0.1, 0.15) is 29.6 Å². The summed E-state index contributed by atoms with van der Waals surface area (Å²) in [5.41, 5.74) is 18.1. The van der Waals surface area contributed by atoms with Crippen molar-refractivity contribution >= 4 is 29.7 Å². The molecule has 0 aromatic heterocycles. The molecule has 0 saturated carbocycles. The number of nitrogens with zero attached hydrogens (tertiary/aromatic N) is 1. The van der Waals surface area contributed by atoms with Gasteiger partial charge < -0.3 is 48.5 Å². The second-order valence-corrected chi connectivity index (χ2v) is 10.5. The molecule has 4 unspecified atom stereocenters. The van der Waals surface area contributed by atoms with Crippen LogP contribution in [-0.4, -0.2) is 75.7 Å². The van der Waals surface area contributed by atoms with Crippen molar-refractivity contribution in [1.82, 2.24) is 16.0 Å². The summed E-state index contributed by atoms with van der Waals surface area (Å²) in [7, 11) is 0. The monoisotopic (exact) mass is 599 g/mol. The number of phenolic OH excluding ortho intramolecular Hbond substituents is 2. The maximum atomic E-state index is 13.4. The van der Waals surface area contributed by atoms with E-state index in [2.05, 4.69) is 20.9 Å². The van der Waals surface area contributed by atoms with Crippen LogP contribution in [0.4, 0.5) is 0 Å². The molecule has 0 radical (unpaired) electrons. The Hall–Kier alpha value is -4.85. The van der Waals surface area contributed by atoms with E-state index in [1.54, 1.807) is 26.0 Å². The lowest BCUT2D eigenvalue weighted by atomic mass is 10.00. The Labute approximate surface area is 249 Å².